The smallest absolute Gasteiger partial charge is 0.255 e. The Morgan fingerprint density at radius 3 is 2.90 bits per heavy atom. The predicted molar refractivity (Wildman–Crippen MR) is 73.6 cm³/mol. The van der Waals surface area contributed by atoms with E-state index in [-0.39, 0.29) is 5.91 Å². The minimum Gasteiger partial charge on any atom is -0.491 e. The lowest BCUT2D eigenvalue weighted by molar-refractivity contribution is 0.0956. The van der Waals surface area contributed by atoms with Crippen LogP contribution in [-0.4, -0.2) is 24.2 Å². The van der Waals surface area contributed by atoms with E-state index in [0.717, 1.165) is 5.56 Å². The fraction of sp³-hybridized carbons (Fsp3) is 0.562. The molecule has 2 aliphatic carbocycles. The molecule has 1 aromatic carbocycles. The summed E-state index contributed by atoms with van der Waals surface area (Å²) in [6, 6.07) is 5.52. The standard InChI is InChI=1S/C16H19NO3/c18-15(14-10-2-1-3-11(10)14)9-4-5-13-12(8-9)16(19)17-6-7-20-13/h4-5,8,10-11,14-15,18H,1-3,6-7H2,(H,17,19). The topological polar surface area (TPSA) is 58.6 Å². The van der Waals surface area contributed by atoms with Crippen LogP contribution in [0, 0.1) is 17.8 Å². The van der Waals surface area contributed by atoms with E-state index in [1.165, 1.54) is 19.3 Å². The van der Waals surface area contributed by atoms with Gasteiger partial charge in [-0.25, -0.2) is 0 Å². The van der Waals surface area contributed by atoms with Crippen molar-refractivity contribution in [1.29, 1.82) is 0 Å². The van der Waals surface area contributed by atoms with Crippen LogP contribution in [0.1, 0.15) is 41.3 Å². The average molecular weight is 273 g/mol. The first-order valence-electron chi connectivity index (χ1n) is 7.49. The molecule has 2 saturated carbocycles. The number of amides is 1. The summed E-state index contributed by atoms with van der Waals surface area (Å²) in [6.07, 6.45) is 3.37. The number of nitrogens with one attached hydrogen (secondary N) is 1. The molecule has 1 aliphatic heterocycles. The van der Waals surface area contributed by atoms with Gasteiger partial charge in [0, 0.05) is 0 Å². The highest BCUT2D eigenvalue weighted by Crippen LogP contribution is 2.62. The second kappa shape index (κ2) is 4.48. The lowest BCUT2D eigenvalue weighted by Crippen LogP contribution is -2.24. The third kappa shape index (κ3) is 1.82. The van der Waals surface area contributed by atoms with Crippen LogP contribution in [0.15, 0.2) is 18.2 Å². The van der Waals surface area contributed by atoms with Crippen molar-refractivity contribution in [3.63, 3.8) is 0 Å². The van der Waals surface area contributed by atoms with E-state index in [2.05, 4.69) is 5.32 Å². The van der Waals surface area contributed by atoms with Crippen LogP contribution in [0.3, 0.4) is 0 Å². The summed E-state index contributed by atoms with van der Waals surface area (Å²) in [5.41, 5.74) is 1.40. The number of aliphatic hydroxyl groups excluding tert-OH is 1. The number of carbonyl (C=O) groups excluding carboxylic acids is 1. The van der Waals surface area contributed by atoms with Crippen LogP contribution in [0.25, 0.3) is 0 Å². The summed E-state index contributed by atoms with van der Waals surface area (Å²) >= 11 is 0. The Kier molecular flexibility index (Phi) is 2.74. The van der Waals surface area contributed by atoms with Gasteiger partial charge in [0.2, 0.25) is 0 Å². The molecular weight excluding hydrogens is 254 g/mol. The minimum atomic E-state index is -0.438. The van der Waals surface area contributed by atoms with Crippen molar-refractivity contribution in [3.05, 3.63) is 29.3 Å². The number of benzene rings is 1. The van der Waals surface area contributed by atoms with Gasteiger partial charge in [0.25, 0.3) is 5.91 Å². The van der Waals surface area contributed by atoms with E-state index in [9.17, 15) is 9.90 Å². The molecule has 3 atom stereocenters. The first kappa shape index (κ1) is 12.2. The lowest BCUT2D eigenvalue weighted by Gasteiger charge is -2.15. The second-order valence-corrected chi connectivity index (χ2v) is 6.14. The van der Waals surface area contributed by atoms with E-state index >= 15 is 0 Å². The average Bonchev–Trinajstić information content (AvgIpc) is 3.02. The van der Waals surface area contributed by atoms with Gasteiger partial charge >= 0.3 is 0 Å². The Hall–Kier alpha value is -1.55. The van der Waals surface area contributed by atoms with E-state index in [1.54, 1.807) is 6.07 Å². The summed E-state index contributed by atoms with van der Waals surface area (Å²) in [6.45, 7) is 1.02. The molecule has 3 unspecified atom stereocenters. The molecule has 106 valence electrons. The molecule has 0 radical (unpaired) electrons. The molecule has 4 rings (SSSR count). The van der Waals surface area contributed by atoms with Crippen LogP contribution in [0.5, 0.6) is 5.75 Å². The maximum absolute atomic E-state index is 12.0. The highest BCUT2D eigenvalue weighted by atomic mass is 16.5. The summed E-state index contributed by atoms with van der Waals surface area (Å²) < 4.78 is 5.54. The molecule has 3 aliphatic rings. The number of rotatable bonds is 2. The van der Waals surface area contributed by atoms with Crippen molar-refractivity contribution >= 4 is 5.91 Å². The van der Waals surface area contributed by atoms with Gasteiger partial charge in [-0.15, -0.1) is 0 Å². The van der Waals surface area contributed by atoms with Crippen LogP contribution in [0.4, 0.5) is 0 Å². The van der Waals surface area contributed by atoms with E-state index in [0.29, 0.717) is 42.2 Å². The van der Waals surface area contributed by atoms with Crippen molar-refractivity contribution in [2.45, 2.75) is 25.4 Å². The third-order valence-corrected chi connectivity index (χ3v) is 5.07. The zero-order chi connectivity index (χ0) is 13.7. The number of carbonyl (C=O) groups is 1. The van der Waals surface area contributed by atoms with Crippen molar-refractivity contribution < 1.29 is 14.6 Å². The minimum absolute atomic E-state index is 0.109. The van der Waals surface area contributed by atoms with Crippen molar-refractivity contribution in [3.8, 4) is 5.75 Å². The number of ether oxygens (including phenoxy) is 1. The Bertz CT molecular complexity index is 547. The lowest BCUT2D eigenvalue weighted by atomic mass is 9.97. The SMILES string of the molecule is O=C1NCCOc2ccc(C(O)C3C4CCCC43)cc21. The summed E-state index contributed by atoms with van der Waals surface area (Å²) in [5.74, 6) is 2.31. The Morgan fingerprint density at radius 1 is 1.30 bits per heavy atom. The number of hydrogen-bond acceptors (Lipinski definition) is 3. The molecule has 1 amide bonds. The second-order valence-electron chi connectivity index (χ2n) is 6.14. The van der Waals surface area contributed by atoms with Gasteiger partial charge in [0.05, 0.1) is 18.2 Å². The van der Waals surface area contributed by atoms with Gasteiger partial charge in [-0.2, -0.15) is 0 Å². The predicted octanol–water partition coefficient (Wildman–Crippen LogP) is 1.89. The molecular formula is C16H19NO3. The van der Waals surface area contributed by atoms with Crippen LogP contribution in [0.2, 0.25) is 0 Å². The zero-order valence-corrected chi connectivity index (χ0v) is 11.3. The van der Waals surface area contributed by atoms with Gasteiger partial charge in [0.1, 0.15) is 12.4 Å². The van der Waals surface area contributed by atoms with Gasteiger partial charge in [-0.3, -0.25) is 4.79 Å². The van der Waals surface area contributed by atoms with E-state index in [1.807, 2.05) is 12.1 Å². The Balaban J connectivity index is 1.61. The fourth-order valence-corrected chi connectivity index (χ4v) is 4.02. The van der Waals surface area contributed by atoms with Gasteiger partial charge in [-0.05, 0) is 48.3 Å². The van der Waals surface area contributed by atoms with Crippen LogP contribution < -0.4 is 10.1 Å². The maximum Gasteiger partial charge on any atom is 0.255 e. The summed E-state index contributed by atoms with van der Waals surface area (Å²) in [4.78, 5) is 12.0. The van der Waals surface area contributed by atoms with Gasteiger partial charge in [-0.1, -0.05) is 12.5 Å². The first-order chi connectivity index (χ1) is 9.75. The summed E-state index contributed by atoms with van der Waals surface area (Å²) in [5, 5.41) is 13.4. The van der Waals surface area contributed by atoms with Crippen LogP contribution >= 0.6 is 0 Å². The number of hydrogen-bond donors (Lipinski definition) is 2. The molecule has 0 aromatic heterocycles. The maximum atomic E-state index is 12.0. The Morgan fingerprint density at radius 2 is 2.10 bits per heavy atom. The molecule has 1 aromatic rings. The fourth-order valence-electron chi connectivity index (χ4n) is 4.02. The highest BCUT2D eigenvalue weighted by molar-refractivity contribution is 5.97. The van der Waals surface area contributed by atoms with E-state index in [4.69, 9.17) is 4.74 Å². The first-order valence-corrected chi connectivity index (χ1v) is 7.49. The molecule has 2 N–H and O–H groups in total. The molecule has 4 nitrogen and oxygen atoms in total. The highest BCUT2D eigenvalue weighted by Gasteiger charge is 2.55. The van der Waals surface area contributed by atoms with Crippen LogP contribution in [-0.2, 0) is 0 Å². The molecule has 0 spiro atoms. The Labute approximate surface area is 118 Å². The zero-order valence-electron chi connectivity index (χ0n) is 11.3. The molecule has 0 bridgehead atoms. The monoisotopic (exact) mass is 273 g/mol. The summed E-state index contributed by atoms with van der Waals surface area (Å²) in [7, 11) is 0. The molecule has 0 saturated heterocycles. The van der Waals surface area contributed by atoms with Crippen molar-refractivity contribution in [1.82, 2.24) is 5.32 Å². The van der Waals surface area contributed by atoms with Gasteiger partial charge in [0.15, 0.2) is 0 Å². The number of fused-ring (bicyclic) bond motifs is 2. The van der Waals surface area contributed by atoms with E-state index < -0.39 is 6.10 Å². The van der Waals surface area contributed by atoms with Gasteiger partial charge < -0.3 is 15.2 Å². The normalized spacial score (nSPS) is 32.5. The molecule has 1 heterocycles. The quantitative estimate of drug-likeness (QED) is 0.865. The molecule has 2 fully saturated rings. The molecule has 4 heteroatoms. The van der Waals surface area contributed by atoms with Crippen molar-refractivity contribution in [2.75, 3.05) is 13.2 Å². The van der Waals surface area contributed by atoms with Crippen molar-refractivity contribution in [2.24, 2.45) is 17.8 Å². The molecule has 20 heavy (non-hydrogen) atoms. The number of aliphatic hydroxyl groups is 1. The third-order valence-electron chi connectivity index (χ3n) is 5.07. The largest absolute Gasteiger partial charge is 0.491 e.